The Kier molecular flexibility index (Phi) is 6.97. The fourth-order valence-corrected chi connectivity index (χ4v) is 4.29. The number of benzene rings is 1. The van der Waals surface area contributed by atoms with Crippen LogP contribution in [-0.2, 0) is 10.0 Å². The zero-order valence-electron chi connectivity index (χ0n) is 13.5. The van der Waals surface area contributed by atoms with Gasteiger partial charge in [-0.3, -0.25) is 10.1 Å². The number of methoxy groups -OCH3 is 1. The van der Waals surface area contributed by atoms with E-state index < -0.39 is 14.9 Å². The highest BCUT2D eigenvalue weighted by atomic mass is 35.5. The molecule has 2 atom stereocenters. The number of piperidine rings is 1. The highest BCUT2D eigenvalue weighted by Gasteiger charge is 2.32. The number of ether oxygens (including phenoxy) is 1. The molecule has 2 rings (SSSR count). The van der Waals surface area contributed by atoms with Gasteiger partial charge in [0.15, 0.2) is 5.75 Å². The Bertz CT molecular complexity index is 696. The van der Waals surface area contributed by atoms with Crippen molar-refractivity contribution in [3.8, 4) is 5.75 Å². The molecule has 1 aliphatic heterocycles. The van der Waals surface area contributed by atoms with E-state index in [1.165, 1.54) is 23.5 Å². The van der Waals surface area contributed by atoms with Gasteiger partial charge in [-0.2, -0.15) is 4.31 Å². The van der Waals surface area contributed by atoms with E-state index >= 15 is 0 Å². The molecular formula is C14H22ClN3O5S. The summed E-state index contributed by atoms with van der Waals surface area (Å²) >= 11 is 0. The molecule has 8 nitrogen and oxygen atoms in total. The molecule has 2 unspecified atom stereocenters. The normalized spacial score (nSPS) is 20.0. The first-order valence-electron chi connectivity index (χ1n) is 7.35. The van der Waals surface area contributed by atoms with Gasteiger partial charge in [-0.25, -0.2) is 8.42 Å². The molecule has 1 aliphatic rings. The lowest BCUT2D eigenvalue weighted by Gasteiger charge is -2.33. The van der Waals surface area contributed by atoms with E-state index in [4.69, 9.17) is 10.5 Å². The number of sulfonamides is 1. The largest absolute Gasteiger partial charge is 0.490 e. The van der Waals surface area contributed by atoms with Crippen molar-refractivity contribution in [3.63, 3.8) is 0 Å². The van der Waals surface area contributed by atoms with E-state index in [0.29, 0.717) is 13.1 Å². The van der Waals surface area contributed by atoms with Crippen molar-refractivity contribution in [3.05, 3.63) is 28.3 Å². The summed E-state index contributed by atoms with van der Waals surface area (Å²) in [5, 5.41) is 10.9. The zero-order chi connectivity index (χ0) is 17.2. The third-order valence-corrected chi connectivity index (χ3v) is 6.01. The standard InChI is InChI=1S/C14H21N3O5S.ClH/c1-10(15)11-4-3-7-16(9-11)23(20,21)12-5-6-13(17(18)19)14(8-12)22-2;/h5-6,8,10-11H,3-4,7,9,15H2,1-2H3;1H. The van der Waals surface area contributed by atoms with Crippen LogP contribution < -0.4 is 10.5 Å². The van der Waals surface area contributed by atoms with Gasteiger partial charge < -0.3 is 10.5 Å². The van der Waals surface area contributed by atoms with Crippen molar-refractivity contribution < 1.29 is 18.1 Å². The minimum absolute atomic E-state index is 0. The van der Waals surface area contributed by atoms with Gasteiger partial charge >= 0.3 is 5.69 Å². The Morgan fingerprint density at radius 2 is 2.12 bits per heavy atom. The van der Waals surface area contributed by atoms with E-state index in [2.05, 4.69) is 0 Å². The summed E-state index contributed by atoms with van der Waals surface area (Å²) in [4.78, 5) is 10.3. The minimum Gasteiger partial charge on any atom is -0.490 e. The summed E-state index contributed by atoms with van der Waals surface area (Å²) < 4.78 is 31.9. The number of hydrogen-bond acceptors (Lipinski definition) is 6. The molecule has 0 bridgehead atoms. The van der Waals surface area contributed by atoms with Crippen molar-refractivity contribution in [2.75, 3.05) is 20.2 Å². The number of rotatable bonds is 5. The van der Waals surface area contributed by atoms with E-state index in [1.807, 2.05) is 6.92 Å². The third-order valence-electron chi connectivity index (χ3n) is 4.15. The molecule has 0 saturated carbocycles. The first-order valence-corrected chi connectivity index (χ1v) is 8.79. The average molecular weight is 380 g/mol. The second-order valence-corrected chi connectivity index (χ2v) is 7.65. The van der Waals surface area contributed by atoms with Gasteiger partial charge in [-0.15, -0.1) is 12.4 Å². The monoisotopic (exact) mass is 379 g/mol. The lowest BCUT2D eigenvalue weighted by Crippen LogP contribution is -2.44. The molecule has 1 aromatic carbocycles. The van der Waals surface area contributed by atoms with Gasteiger partial charge in [-0.05, 0) is 31.7 Å². The van der Waals surface area contributed by atoms with Crippen molar-refractivity contribution >= 4 is 28.1 Å². The van der Waals surface area contributed by atoms with Gasteiger partial charge in [0.1, 0.15) is 0 Å². The number of nitro benzene ring substituents is 1. The molecule has 1 saturated heterocycles. The van der Waals surface area contributed by atoms with Crippen LogP contribution in [0.1, 0.15) is 19.8 Å². The number of hydrogen-bond donors (Lipinski definition) is 1. The summed E-state index contributed by atoms with van der Waals surface area (Å²) in [5.74, 6) is 0.0373. The predicted molar refractivity (Wildman–Crippen MR) is 92.0 cm³/mol. The summed E-state index contributed by atoms with van der Waals surface area (Å²) in [7, 11) is -2.46. The molecule has 24 heavy (non-hydrogen) atoms. The molecule has 136 valence electrons. The second kappa shape index (κ2) is 8.11. The molecule has 1 aromatic rings. The van der Waals surface area contributed by atoms with Gasteiger partial charge in [0.05, 0.1) is 16.9 Å². The third kappa shape index (κ3) is 4.15. The van der Waals surface area contributed by atoms with Crippen LogP contribution in [0.3, 0.4) is 0 Å². The van der Waals surface area contributed by atoms with Crippen LogP contribution in [0, 0.1) is 16.0 Å². The highest BCUT2D eigenvalue weighted by Crippen LogP contribution is 2.32. The average Bonchev–Trinajstić information content (AvgIpc) is 2.54. The van der Waals surface area contributed by atoms with Crippen LogP contribution in [0.25, 0.3) is 0 Å². The first-order chi connectivity index (χ1) is 10.8. The quantitative estimate of drug-likeness (QED) is 0.615. The molecule has 0 amide bonds. The number of nitro groups is 1. The van der Waals surface area contributed by atoms with Crippen LogP contribution in [0.15, 0.2) is 23.1 Å². The Labute approximate surface area is 147 Å². The van der Waals surface area contributed by atoms with E-state index in [0.717, 1.165) is 18.9 Å². The smallest absolute Gasteiger partial charge is 0.310 e. The van der Waals surface area contributed by atoms with Gasteiger partial charge in [0.25, 0.3) is 0 Å². The predicted octanol–water partition coefficient (Wildman–Crippen LogP) is 1.77. The van der Waals surface area contributed by atoms with Crippen molar-refractivity contribution in [2.24, 2.45) is 11.7 Å². The number of nitrogens with two attached hydrogens (primary N) is 1. The van der Waals surface area contributed by atoms with Crippen molar-refractivity contribution in [1.82, 2.24) is 4.31 Å². The van der Waals surface area contributed by atoms with Gasteiger partial charge in [0, 0.05) is 31.3 Å². The molecule has 2 N–H and O–H groups in total. The van der Waals surface area contributed by atoms with E-state index in [-0.39, 0.29) is 40.7 Å². The van der Waals surface area contributed by atoms with Crippen molar-refractivity contribution in [1.29, 1.82) is 0 Å². The Morgan fingerprint density at radius 3 is 2.67 bits per heavy atom. The highest BCUT2D eigenvalue weighted by molar-refractivity contribution is 7.89. The Morgan fingerprint density at radius 1 is 1.46 bits per heavy atom. The maximum Gasteiger partial charge on any atom is 0.310 e. The lowest BCUT2D eigenvalue weighted by molar-refractivity contribution is -0.385. The summed E-state index contributed by atoms with van der Waals surface area (Å²) in [6.45, 7) is 2.65. The first kappa shape index (κ1) is 20.6. The fraction of sp³-hybridized carbons (Fsp3) is 0.571. The van der Waals surface area contributed by atoms with Crippen LogP contribution in [0.4, 0.5) is 5.69 Å². The number of nitrogens with zero attached hydrogens (tertiary/aromatic N) is 2. The van der Waals surface area contributed by atoms with Crippen LogP contribution >= 0.6 is 12.4 Å². The lowest BCUT2D eigenvalue weighted by atomic mass is 9.93. The van der Waals surface area contributed by atoms with Crippen molar-refractivity contribution in [2.45, 2.75) is 30.7 Å². The van der Waals surface area contributed by atoms with Crippen LogP contribution in [-0.4, -0.2) is 43.9 Å². The molecule has 0 radical (unpaired) electrons. The number of halogens is 1. The second-order valence-electron chi connectivity index (χ2n) is 5.72. The molecule has 1 heterocycles. The molecule has 0 spiro atoms. The summed E-state index contributed by atoms with van der Waals surface area (Å²) in [5.41, 5.74) is 5.63. The molecule has 10 heteroatoms. The Balaban J connectivity index is 0.00000288. The molecule has 0 aromatic heterocycles. The molecule has 0 aliphatic carbocycles. The molecule has 1 fully saturated rings. The fourth-order valence-electron chi connectivity index (χ4n) is 2.74. The van der Waals surface area contributed by atoms with E-state index in [9.17, 15) is 18.5 Å². The topological polar surface area (TPSA) is 116 Å². The van der Waals surface area contributed by atoms with Gasteiger partial charge in [0.2, 0.25) is 10.0 Å². The SMILES string of the molecule is COc1cc(S(=O)(=O)N2CCCC(C(C)N)C2)ccc1[N+](=O)[O-].Cl. The maximum absolute atomic E-state index is 12.8. The molecular weight excluding hydrogens is 358 g/mol. The van der Waals surface area contributed by atoms with Gasteiger partial charge in [-0.1, -0.05) is 0 Å². The Hall–Kier alpha value is -1.42. The zero-order valence-corrected chi connectivity index (χ0v) is 15.2. The summed E-state index contributed by atoms with van der Waals surface area (Å²) in [6, 6.07) is 3.51. The summed E-state index contributed by atoms with van der Waals surface area (Å²) in [6.07, 6.45) is 1.64. The van der Waals surface area contributed by atoms with Crippen LogP contribution in [0.2, 0.25) is 0 Å². The van der Waals surface area contributed by atoms with Crippen LogP contribution in [0.5, 0.6) is 5.75 Å². The minimum atomic E-state index is -3.73. The maximum atomic E-state index is 12.8. The van der Waals surface area contributed by atoms with E-state index in [1.54, 1.807) is 0 Å².